The topological polar surface area (TPSA) is 79.2 Å². The maximum Gasteiger partial charge on any atom is 0.230 e. The van der Waals surface area contributed by atoms with Crippen molar-refractivity contribution in [2.45, 2.75) is 18.9 Å². The van der Waals surface area contributed by atoms with Gasteiger partial charge in [-0.2, -0.15) is 10.2 Å². The Morgan fingerprint density at radius 3 is 2.58 bits per heavy atom. The molecule has 2 aromatic heterocycles. The van der Waals surface area contributed by atoms with Crippen LogP contribution in [0.1, 0.15) is 11.4 Å². The zero-order chi connectivity index (χ0) is 21.8. The number of carbonyl (C=O) groups is 1. The highest BCUT2D eigenvalue weighted by Gasteiger charge is 2.18. The summed E-state index contributed by atoms with van der Waals surface area (Å²) in [6.45, 7) is 9.82. The Balaban J connectivity index is 1.39. The van der Waals surface area contributed by atoms with Gasteiger partial charge in [0.1, 0.15) is 10.5 Å². The number of amides is 1. The van der Waals surface area contributed by atoms with Crippen LogP contribution in [0.2, 0.25) is 0 Å². The molecule has 8 nitrogen and oxygen atoms in total. The van der Waals surface area contributed by atoms with E-state index in [0.717, 1.165) is 60.7 Å². The molecule has 1 aliphatic rings. The lowest BCUT2D eigenvalue weighted by Crippen LogP contribution is -2.47. The number of nitrogens with zero attached hydrogens (tertiary/aromatic N) is 6. The lowest BCUT2D eigenvalue weighted by molar-refractivity contribution is -0.118. The minimum Gasteiger partial charge on any atom is -0.354 e. The van der Waals surface area contributed by atoms with Crippen molar-refractivity contribution in [3.63, 3.8) is 0 Å². The Kier molecular flexibility index (Phi) is 6.84. The molecule has 0 aliphatic carbocycles. The van der Waals surface area contributed by atoms with Gasteiger partial charge in [0.05, 0.1) is 22.8 Å². The van der Waals surface area contributed by atoms with Crippen molar-refractivity contribution in [1.82, 2.24) is 35.1 Å². The van der Waals surface area contributed by atoms with Crippen molar-refractivity contribution in [2.75, 3.05) is 52.1 Å². The highest BCUT2D eigenvalue weighted by Crippen LogP contribution is 2.29. The number of aryl methyl sites for hydroxylation is 2. The van der Waals surface area contributed by atoms with Crippen LogP contribution in [0.4, 0.5) is 0 Å². The van der Waals surface area contributed by atoms with Gasteiger partial charge in [-0.15, -0.1) is 5.10 Å². The SMILES string of the molecule is Cc1nnc(SCC(=O)NCCN2CCN(C)CC2)c2nn(-c3ccccc3)c(C)c12. The van der Waals surface area contributed by atoms with Gasteiger partial charge in [-0.1, -0.05) is 30.0 Å². The molecular weight excluding hydrogens is 410 g/mol. The molecule has 164 valence electrons. The van der Waals surface area contributed by atoms with E-state index in [-0.39, 0.29) is 5.91 Å². The van der Waals surface area contributed by atoms with Crippen molar-refractivity contribution >= 4 is 28.6 Å². The summed E-state index contributed by atoms with van der Waals surface area (Å²) < 4.78 is 1.92. The van der Waals surface area contributed by atoms with Crippen molar-refractivity contribution in [3.8, 4) is 5.69 Å². The number of piperazine rings is 1. The Morgan fingerprint density at radius 1 is 1.10 bits per heavy atom. The van der Waals surface area contributed by atoms with Gasteiger partial charge in [-0.3, -0.25) is 9.69 Å². The molecule has 0 saturated carbocycles. The summed E-state index contributed by atoms with van der Waals surface area (Å²) in [5.41, 5.74) is 3.65. The van der Waals surface area contributed by atoms with Gasteiger partial charge >= 0.3 is 0 Å². The number of likely N-dealkylation sites (N-methyl/N-ethyl adjacent to an activating group) is 1. The molecule has 0 bridgehead atoms. The molecule has 1 aliphatic heterocycles. The van der Waals surface area contributed by atoms with E-state index in [1.165, 1.54) is 11.8 Å². The first-order valence-corrected chi connectivity index (χ1v) is 11.6. The van der Waals surface area contributed by atoms with Crippen LogP contribution in [0.5, 0.6) is 0 Å². The molecule has 0 spiro atoms. The molecule has 1 fully saturated rings. The van der Waals surface area contributed by atoms with Crippen molar-refractivity contribution in [1.29, 1.82) is 0 Å². The fourth-order valence-corrected chi connectivity index (χ4v) is 4.58. The molecule has 0 atom stereocenters. The van der Waals surface area contributed by atoms with Crippen LogP contribution in [0, 0.1) is 13.8 Å². The van der Waals surface area contributed by atoms with E-state index < -0.39 is 0 Å². The summed E-state index contributed by atoms with van der Waals surface area (Å²) >= 11 is 1.39. The molecule has 0 unspecified atom stereocenters. The van der Waals surface area contributed by atoms with Crippen molar-refractivity contribution in [3.05, 3.63) is 41.7 Å². The number of rotatable bonds is 7. The lowest BCUT2D eigenvalue weighted by atomic mass is 10.2. The van der Waals surface area contributed by atoms with E-state index in [1.54, 1.807) is 0 Å². The van der Waals surface area contributed by atoms with E-state index in [1.807, 2.05) is 48.9 Å². The maximum absolute atomic E-state index is 12.4. The molecule has 1 aromatic carbocycles. The molecule has 1 amide bonds. The fraction of sp³-hybridized carbons (Fsp3) is 0.455. The van der Waals surface area contributed by atoms with E-state index in [2.05, 4.69) is 32.4 Å². The number of thioether (sulfide) groups is 1. The number of hydrogen-bond donors (Lipinski definition) is 1. The predicted molar refractivity (Wildman–Crippen MR) is 124 cm³/mol. The standard InChI is InChI=1S/C22H29N7OS/c1-16-20-17(2)29(18-7-5-4-6-8-18)26-21(20)22(25-24-16)31-15-19(30)23-9-10-28-13-11-27(3)12-14-28/h4-8H,9-15H2,1-3H3,(H,23,30). The summed E-state index contributed by atoms with van der Waals surface area (Å²) in [6, 6.07) is 10.0. The second kappa shape index (κ2) is 9.76. The Bertz CT molecular complexity index is 1040. The Labute approximate surface area is 187 Å². The summed E-state index contributed by atoms with van der Waals surface area (Å²) in [7, 11) is 2.14. The molecule has 4 rings (SSSR count). The molecule has 1 N–H and O–H groups in total. The smallest absolute Gasteiger partial charge is 0.230 e. The quantitative estimate of drug-likeness (QED) is 0.563. The number of benzene rings is 1. The van der Waals surface area contributed by atoms with Crippen LogP contribution in [0.3, 0.4) is 0 Å². The van der Waals surface area contributed by atoms with E-state index in [9.17, 15) is 4.79 Å². The van der Waals surface area contributed by atoms with Crippen LogP contribution in [-0.4, -0.2) is 87.8 Å². The normalized spacial score (nSPS) is 15.5. The maximum atomic E-state index is 12.4. The molecule has 0 radical (unpaired) electrons. The minimum absolute atomic E-state index is 0.00821. The number of fused-ring (bicyclic) bond motifs is 1. The third-order valence-electron chi connectivity index (χ3n) is 5.66. The Hall–Kier alpha value is -2.49. The summed E-state index contributed by atoms with van der Waals surface area (Å²) in [4.78, 5) is 17.1. The lowest BCUT2D eigenvalue weighted by Gasteiger charge is -2.32. The van der Waals surface area contributed by atoms with E-state index in [0.29, 0.717) is 17.3 Å². The summed E-state index contributed by atoms with van der Waals surface area (Å²) in [5, 5.41) is 18.2. The first-order chi connectivity index (χ1) is 15.0. The zero-order valence-electron chi connectivity index (χ0n) is 18.3. The third kappa shape index (κ3) is 5.06. The number of para-hydroxylation sites is 1. The van der Waals surface area contributed by atoms with Gasteiger partial charge in [0.15, 0.2) is 0 Å². The third-order valence-corrected chi connectivity index (χ3v) is 6.61. The predicted octanol–water partition coefficient (Wildman–Crippen LogP) is 1.89. The largest absolute Gasteiger partial charge is 0.354 e. The molecule has 9 heteroatoms. The average Bonchev–Trinajstić information content (AvgIpc) is 3.13. The zero-order valence-corrected chi connectivity index (χ0v) is 19.2. The molecule has 3 heterocycles. The van der Waals surface area contributed by atoms with Gasteiger partial charge < -0.3 is 10.2 Å². The highest BCUT2D eigenvalue weighted by atomic mass is 32.2. The van der Waals surface area contributed by atoms with Crippen LogP contribution >= 0.6 is 11.8 Å². The van der Waals surface area contributed by atoms with Crippen molar-refractivity contribution in [2.24, 2.45) is 0 Å². The van der Waals surface area contributed by atoms with Crippen molar-refractivity contribution < 1.29 is 4.79 Å². The summed E-state index contributed by atoms with van der Waals surface area (Å²) in [5.74, 6) is 0.307. The number of hydrogen-bond acceptors (Lipinski definition) is 7. The fourth-order valence-electron chi connectivity index (χ4n) is 3.83. The first-order valence-electron chi connectivity index (χ1n) is 10.6. The first kappa shape index (κ1) is 21.7. The van der Waals surface area contributed by atoms with Crippen LogP contribution in [0.15, 0.2) is 35.4 Å². The number of carbonyl (C=O) groups excluding carboxylic acids is 1. The minimum atomic E-state index is 0.00821. The molecule has 31 heavy (non-hydrogen) atoms. The van der Waals surface area contributed by atoms with Crippen LogP contribution in [0.25, 0.3) is 16.6 Å². The van der Waals surface area contributed by atoms with Gasteiger partial charge in [0.25, 0.3) is 0 Å². The monoisotopic (exact) mass is 439 g/mol. The second-order valence-electron chi connectivity index (χ2n) is 7.93. The van der Waals surface area contributed by atoms with Gasteiger partial charge in [-0.25, -0.2) is 4.68 Å². The number of aromatic nitrogens is 4. The van der Waals surface area contributed by atoms with E-state index in [4.69, 9.17) is 5.10 Å². The Morgan fingerprint density at radius 2 is 1.84 bits per heavy atom. The van der Waals surface area contributed by atoms with Gasteiger partial charge in [0, 0.05) is 44.7 Å². The average molecular weight is 440 g/mol. The van der Waals surface area contributed by atoms with Crippen LogP contribution in [-0.2, 0) is 4.79 Å². The van der Waals surface area contributed by atoms with E-state index >= 15 is 0 Å². The summed E-state index contributed by atoms with van der Waals surface area (Å²) in [6.07, 6.45) is 0. The molecular formula is C22H29N7OS. The second-order valence-corrected chi connectivity index (χ2v) is 8.89. The highest BCUT2D eigenvalue weighted by molar-refractivity contribution is 8.00. The molecule has 3 aromatic rings. The van der Waals surface area contributed by atoms with Crippen LogP contribution < -0.4 is 5.32 Å². The van der Waals surface area contributed by atoms with Gasteiger partial charge in [0.2, 0.25) is 5.91 Å². The van der Waals surface area contributed by atoms with Gasteiger partial charge in [-0.05, 0) is 33.0 Å². The molecule has 1 saturated heterocycles. The number of nitrogens with one attached hydrogen (secondary N) is 1.